The molecule has 3 heterocycles. The van der Waals surface area contributed by atoms with Crippen LogP contribution in [0.25, 0.3) is 22.6 Å². The molecule has 0 spiro atoms. The molecule has 26 heavy (non-hydrogen) atoms. The maximum absolute atomic E-state index is 10.6. The van der Waals surface area contributed by atoms with Crippen molar-refractivity contribution >= 4 is 11.0 Å². The van der Waals surface area contributed by atoms with Crippen molar-refractivity contribution in [1.29, 1.82) is 0 Å². The van der Waals surface area contributed by atoms with Gasteiger partial charge in [-0.15, -0.1) is 0 Å². The number of aromatic nitrogens is 2. The smallest absolute Gasteiger partial charge is 0.177 e. The highest BCUT2D eigenvalue weighted by Crippen LogP contribution is 2.26. The zero-order valence-electron chi connectivity index (χ0n) is 14.9. The molecule has 2 aromatic heterocycles. The van der Waals surface area contributed by atoms with Crippen LogP contribution in [0.15, 0.2) is 40.8 Å². The Morgan fingerprint density at radius 2 is 2.04 bits per heavy atom. The van der Waals surface area contributed by atoms with E-state index < -0.39 is 6.10 Å². The van der Waals surface area contributed by atoms with E-state index in [0.717, 1.165) is 48.7 Å². The minimum absolute atomic E-state index is 0.171. The van der Waals surface area contributed by atoms with Gasteiger partial charge in [0.25, 0.3) is 0 Å². The van der Waals surface area contributed by atoms with Crippen LogP contribution in [0.2, 0.25) is 0 Å². The van der Waals surface area contributed by atoms with Gasteiger partial charge in [-0.2, -0.15) is 0 Å². The molecule has 1 unspecified atom stereocenters. The predicted molar refractivity (Wildman–Crippen MR) is 98.0 cm³/mol. The Morgan fingerprint density at radius 3 is 2.81 bits per heavy atom. The van der Waals surface area contributed by atoms with E-state index in [1.807, 2.05) is 47.9 Å². The molecule has 1 N–H and O–H groups in total. The van der Waals surface area contributed by atoms with Gasteiger partial charge in [-0.1, -0.05) is 12.1 Å². The van der Waals surface area contributed by atoms with Crippen molar-refractivity contribution in [2.24, 2.45) is 0 Å². The number of aliphatic hydroxyl groups is 1. The monoisotopic (exact) mass is 356 g/mol. The van der Waals surface area contributed by atoms with E-state index in [2.05, 4.69) is 0 Å². The summed E-state index contributed by atoms with van der Waals surface area (Å²) in [6.07, 6.45) is 1.32. The van der Waals surface area contributed by atoms with Crippen LogP contribution in [0, 0.1) is 6.92 Å². The second kappa shape index (κ2) is 7.61. The Morgan fingerprint density at radius 1 is 1.23 bits per heavy atom. The van der Waals surface area contributed by atoms with Crippen molar-refractivity contribution in [3.05, 3.63) is 42.2 Å². The quantitative estimate of drug-likeness (QED) is 0.735. The van der Waals surface area contributed by atoms with Crippen LogP contribution in [0.3, 0.4) is 0 Å². The van der Waals surface area contributed by atoms with E-state index in [1.54, 1.807) is 0 Å². The third-order valence-electron chi connectivity index (χ3n) is 4.70. The number of aryl methyl sites for hydroxylation is 1. The van der Waals surface area contributed by atoms with Crippen LogP contribution in [0.5, 0.6) is 0 Å². The largest absolute Gasteiger partial charge is 0.458 e. The Balaban J connectivity index is 1.54. The lowest BCUT2D eigenvalue weighted by atomic mass is 10.1. The molecule has 1 saturated heterocycles. The molecule has 1 aliphatic rings. The van der Waals surface area contributed by atoms with Gasteiger partial charge >= 0.3 is 0 Å². The van der Waals surface area contributed by atoms with E-state index in [9.17, 15) is 5.11 Å². The van der Waals surface area contributed by atoms with Gasteiger partial charge in [0.15, 0.2) is 11.6 Å². The Bertz CT molecular complexity index is 864. The Kier molecular flexibility index (Phi) is 5.06. The molecular formula is C20H24N2O4. The second-order valence-corrected chi connectivity index (χ2v) is 6.74. The molecule has 0 amide bonds. The molecule has 0 bridgehead atoms. The van der Waals surface area contributed by atoms with Crippen molar-refractivity contribution in [3.8, 4) is 11.6 Å². The minimum atomic E-state index is -0.620. The Hall–Kier alpha value is -2.15. The number of fused-ring (bicyclic) bond motifs is 1. The van der Waals surface area contributed by atoms with E-state index >= 15 is 0 Å². The highest BCUT2D eigenvalue weighted by Gasteiger charge is 2.20. The van der Waals surface area contributed by atoms with Gasteiger partial charge in [0.2, 0.25) is 0 Å². The highest BCUT2D eigenvalue weighted by molar-refractivity contribution is 5.79. The zero-order valence-corrected chi connectivity index (χ0v) is 14.9. The number of benzene rings is 1. The summed E-state index contributed by atoms with van der Waals surface area (Å²) in [5, 5.41) is 10.6. The topological polar surface area (TPSA) is 69.7 Å². The number of ether oxygens (including phenoxy) is 2. The SMILES string of the molecule is Cc1ccc(-c2nc3ccccc3n2CC(O)COC2CCOCC2)o1. The van der Waals surface area contributed by atoms with E-state index in [4.69, 9.17) is 18.9 Å². The molecule has 0 saturated carbocycles. The van der Waals surface area contributed by atoms with Crippen LogP contribution < -0.4 is 0 Å². The molecule has 6 nitrogen and oxygen atoms in total. The van der Waals surface area contributed by atoms with Crippen molar-refractivity contribution in [1.82, 2.24) is 9.55 Å². The fourth-order valence-electron chi connectivity index (χ4n) is 3.36. The minimum Gasteiger partial charge on any atom is -0.458 e. The first kappa shape index (κ1) is 17.3. The lowest BCUT2D eigenvalue weighted by molar-refractivity contribution is -0.0615. The van der Waals surface area contributed by atoms with Gasteiger partial charge in [0, 0.05) is 13.2 Å². The fourth-order valence-corrected chi connectivity index (χ4v) is 3.36. The molecule has 1 fully saturated rings. The molecule has 1 atom stereocenters. The van der Waals surface area contributed by atoms with Gasteiger partial charge in [-0.3, -0.25) is 0 Å². The number of rotatable bonds is 6. The first-order valence-electron chi connectivity index (χ1n) is 9.10. The summed E-state index contributed by atoms with van der Waals surface area (Å²) in [5.74, 6) is 2.27. The van der Waals surface area contributed by atoms with Gasteiger partial charge < -0.3 is 23.6 Å². The molecule has 1 aromatic carbocycles. The number of para-hydroxylation sites is 2. The molecule has 138 valence electrons. The standard InChI is InChI=1S/C20H24N2O4/c1-14-6-7-19(26-14)20-21-17-4-2-3-5-18(17)22(20)12-15(23)13-25-16-8-10-24-11-9-16/h2-7,15-16,23H,8-13H2,1H3. The molecule has 1 aliphatic heterocycles. The number of aliphatic hydroxyl groups excluding tert-OH is 1. The summed E-state index contributed by atoms with van der Waals surface area (Å²) < 4.78 is 19.0. The highest BCUT2D eigenvalue weighted by atomic mass is 16.5. The van der Waals surface area contributed by atoms with E-state index in [-0.39, 0.29) is 6.10 Å². The van der Waals surface area contributed by atoms with Gasteiger partial charge in [0.05, 0.1) is 36.4 Å². The summed E-state index contributed by atoms with van der Waals surface area (Å²) >= 11 is 0. The molecule has 3 aromatic rings. The normalized spacial score (nSPS) is 17.0. The van der Waals surface area contributed by atoms with E-state index in [1.165, 1.54) is 0 Å². The molecule has 6 heteroatoms. The summed E-state index contributed by atoms with van der Waals surface area (Å²) in [6.45, 7) is 4.07. The maximum Gasteiger partial charge on any atom is 0.177 e. The number of hydrogen-bond acceptors (Lipinski definition) is 5. The first-order chi connectivity index (χ1) is 12.7. The van der Waals surface area contributed by atoms with Crippen molar-refractivity contribution in [2.45, 2.75) is 38.5 Å². The van der Waals surface area contributed by atoms with Crippen molar-refractivity contribution in [3.63, 3.8) is 0 Å². The number of nitrogens with zero attached hydrogens (tertiary/aromatic N) is 2. The van der Waals surface area contributed by atoms with Gasteiger partial charge in [-0.25, -0.2) is 4.98 Å². The van der Waals surface area contributed by atoms with Crippen LogP contribution in [0.4, 0.5) is 0 Å². The maximum atomic E-state index is 10.6. The van der Waals surface area contributed by atoms with Crippen LogP contribution in [0.1, 0.15) is 18.6 Å². The number of imidazole rings is 1. The number of hydrogen-bond donors (Lipinski definition) is 1. The van der Waals surface area contributed by atoms with Crippen LogP contribution >= 0.6 is 0 Å². The van der Waals surface area contributed by atoms with Crippen molar-refractivity contribution < 1.29 is 19.0 Å². The summed E-state index contributed by atoms with van der Waals surface area (Å²) in [7, 11) is 0. The molecule has 4 rings (SSSR count). The zero-order chi connectivity index (χ0) is 17.9. The summed E-state index contributed by atoms with van der Waals surface area (Å²) in [5.41, 5.74) is 1.86. The summed E-state index contributed by atoms with van der Waals surface area (Å²) in [4.78, 5) is 4.70. The summed E-state index contributed by atoms with van der Waals surface area (Å²) in [6, 6.07) is 11.7. The van der Waals surface area contributed by atoms with Crippen LogP contribution in [-0.4, -0.2) is 46.7 Å². The second-order valence-electron chi connectivity index (χ2n) is 6.74. The number of furan rings is 1. The lowest BCUT2D eigenvalue weighted by Gasteiger charge is -2.24. The third-order valence-corrected chi connectivity index (χ3v) is 4.70. The van der Waals surface area contributed by atoms with Gasteiger partial charge in [-0.05, 0) is 44.0 Å². The molecule has 0 aliphatic carbocycles. The average molecular weight is 356 g/mol. The van der Waals surface area contributed by atoms with Gasteiger partial charge in [0.1, 0.15) is 5.76 Å². The molecular weight excluding hydrogens is 332 g/mol. The molecule has 0 radical (unpaired) electrons. The average Bonchev–Trinajstić information content (AvgIpc) is 3.25. The predicted octanol–water partition coefficient (Wildman–Crippen LogP) is 3.16. The van der Waals surface area contributed by atoms with Crippen molar-refractivity contribution in [2.75, 3.05) is 19.8 Å². The fraction of sp³-hybridized carbons (Fsp3) is 0.450. The van der Waals surface area contributed by atoms with Crippen LogP contribution in [-0.2, 0) is 16.0 Å². The third kappa shape index (κ3) is 3.67. The lowest BCUT2D eigenvalue weighted by Crippen LogP contribution is -2.29. The van der Waals surface area contributed by atoms with E-state index in [0.29, 0.717) is 18.9 Å². The Labute approximate surface area is 152 Å². The first-order valence-corrected chi connectivity index (χ1v) is 9.10.